The van der Waals surface area contributed by atoms with E-state index in [4.69, 9.17) is 5.73 Å². The Morgan fingerprint density at radius 1 is 1.21 bits per heavy atom. The third kappa shape index (κ3) is 4.09. The predicted octanol–water partition coefficient (Wildman–Crippen LogP) is -0.722. The summed E-state index contributed by atoms with van der Waals surface area (Å²) < 4.78 is 26.1. The van der Waals surface area contributed by atoms with Crippen molar-refractivity contribution in [1.82, 2.24) is 25.3 Å². The van der Waals surface area contributed by atoms with Crippen LogP contribution in [0, 0.1) is 0 Å². The van der Waals surface area contributed by atoms with Gasteiger partial charge in [-0.3, -0.25) is 0 Å². The Hall–Kier alpha value is -1.84. The van der Waals surface area contributed by atoms with Crippen molar-refractivity contribution >= 4 is 10.0 Å². The Labute approximate surface area is 110 Å². The number of nitrogens with zero attached hydrogens (tertiary/aromatic N) is 3. The first-order chi connectivity index (χ1) is 9.09. The number of hydrogen-bond acceptors (Lipinski definition) is 6. The van der Waals surface area contributed by atoms with Crippen molar-refractivity contribution in [2.75, 3.05) is 0 Å². The lowest BCUT2D eigenvalue weighted by Gasteiger charge is -2.05. The van der Waals surface area contributed by atoms with Gasteiger partial charge in [0.05, 0.1) is 12.3 Å². The highest BCUT2D eigenvalue weighted by Gasteiger charge is 2.12. The summed E-state index contributed by atoms with van der Waals surface area (Å²) >= 11 is 0. The average Bonchev–Trinajstić information content (AvgIpc) is 2.90. The van der Waals surface area contributed by atoms with Crippen LogP contribution in [0.5, 0.6) is 0 Å². The molecule has 8 nitrogen and oxygen atoms in total. The van der Waals surface area contributed by atoms with Gasteiger partial charge in [-0.1, -0.05) is 29.5 Å². The molecule has 0 aliphatic carbocycles. The number of benzene rings is 1. The maximum Gasteiger partial charge on any atom is 0.216 e. The highest BCUT2D eigenvalue weighted by Crippen LogP contribution is 2.07. The molecule has 0 saturated heterocycles. The molecule has 0 aliphatic heterocycles. The van der Waals surface area contributed by atoms with Crippen LogP contribution in [0.2, 0.25) is 0 Å². The van der Waals surface area contributed by atoms with E-state index >= 15 is 0 Å². The molecule has 0 aliphatic rings. The van der Waals surface area contributed by atoms with Gasteiger partial charge in [0.1, 0.15) is 0 Å². The second kappa shape index (κ2) is 5.87. The number of nitrogens with one attached hydrogen (secondary N) is 2. The van der Waals surface area contributed by atoms with Crippen molar-refractivity contribution in [3.8, 4) is 0 Å². The van der Waals surface area contributed by atoms with Crippen LogP contribution >= 0.6 is 0 Å². The molecule has 1 aromatic heterocycles. The Bertz CT molecular complexity index is 608. The molecule has 19 heavy (non-hydrogen) atoms. The lowest BCUT2D eigenvalue weighted by molar-refractivity contribution is 0.578. The molecular formula is C10H14N6O2S. The van der Waals surface area contributed by atoms with E-state index < -0.39 is 10.0 Å². The van der Waals surface area contributed by atoms with Crippen molar-refractivity contribution in [1.29, 1.82) is 0 Å². The van der Waals surface area contributed by atoms with Crippen LogP contribution in [0.15, 0.2) is 24.3 Å². The Balaban J connectivity index is 1.96. The second-order valence-corrected chi connectivity index (χ2v) is 5.74. The minimum absolute atomic E-state index is 0.0136. The number of sulfonamides is 1. The summed E-state index contributed by atoms with van der Waals surface area (Å²) in [5.74, 6) is 0.192. The van der Waals surface area contributed by atoms with E-state index in [2.05, 4.69) is 25.3 Å². The quantitative estimate of drug-likeness (QED) is 0.641. The lowest BCUT2D eigenvalue weighted by atomic mass is 10.1. The topological polar surface area (TPSA) is 127 Å². The zero-order valence-electron chi connectivity index (χ0n) is 10.1. The van der Waals surface area contributed by atoms with Crippen LogP contribution in [-0.2, 0) is 28.9 Å². The predicted molar refractivity (Wildman–Crippen MR) is 68.0 cm³/mol. The molecule has 0 unspecified atom stereocenters. The summed E-state index contributed by atoms with van der Waals surface area (Å²) in [6.45, 7) is 0.447. The summed E-state index contributed by atoms with van der Waals surface area (Å²) in [6.07, 6.45) is 0. The summed E-state index contributed by atoms with van der Waals surface area (Å²) in [4.78, 5) is 0. The van der Waals surface area contributed by atoms with Crippen molar-refractivity contribution in [3.05, 3.63) is 41.2 Å². The van der Waals surface area contributed by atoms with E-state index in [0.29, 0.717) is 17.9 Å². The van der Waals surface area contributed by atoms with E-state index in [1.165, 1.54) is 0 Å². The number of nitrogens with two attached hydrogens (primary N) is 1. The fraction of sp³-hybridized carbons (Fsp3) is 0.300. The van der Waals surface area contributed by atoms with Gasteiger partial charge in [0.15, 0.2) is 5.82 Å². The van der Waals surface area contributed by atoms with Gasteiger partial charge in [-0.05, 0) is 11.1 Å². The number of aromatic amines is 1. The fourth-order valence-corrected chi connectivity index (χ4v) is 2.56. The molecule has 4 N–H and O–H groups in total. The van der Waals surface area contributed by atoms with Gasteiger partial charge in [0.2, 0.25) is 10.0 Å². The van der Waals surface area contributed by atoms with E-state index in [0.717, 1.165) is 5.56 Å². The first-order valence-corrected chi connectivity index (χ1v) is 7.22. The zero-order chi connectivity index (χ0) is 13.7. The third-order valence-corrected chi connectivity index (χ3v) is 3.75. The SMILES string of the molecule is NCc1ccc(CS(=O)(=O)NCc2nn[nH]n2)cc1. The zero-order valence-corrected chi connectivity index (χ0v) is 10.9. The number of rotatable bonds is 6. The first kappa shape index (κ1) is 13.6. The molecule has 9 heteroatoms. The molecule has 102 valence electrons. The van der Waals surface area contributed by atoms with Crippen LogP contribution in [0.3, 0.4) is 0 Å². The molecule has 0 amide bonds. The Morgan fingerprint density at radius 2 is 1.89 bits per heavy atom. The third-order valence-electron chi connectivity index (χ3n) is 2.45. The molecule has 0 bridgehead atoms. The van der Waals surface area contributed by atoms with Gasteiger partial charge in [-0.15, -0.1) is 10.2 Å². The van der Waals surface area contributed by atoms with Crippen molar-refractivity contribution in [2.45, 2.75) is 18.8 Å². The summed E-state index contributed by atoms with van der Waals surface area (Å²) in [6, 6.07) is 7.11. The van der Waals surface area contributed by atoms with E-state index in [1.807, 2.05) is 12.1 Å². The lowest BCUT2D eigenvalue weighted by Crippen LogP contribution is -2.25. The maximum absolute atomic E-state index is 11.8. The van der Waals surface area contributed by atoms with Gasteiger partial charge >= 0.3 is 0 Å². The van der Waals surface area contributed by atoms with Crippen LogP contribution in [0.1, 0.15) is 17.0 Å². The largest absolute Gasteiger partial charge is 0.326 e. The molecule has 0 atom stereocenters. The molecular weight excluding hydrogens is 268 g/mol. The maximum atomic E-state index is 11.8. The Morgan fingerprint density at radius 3 is 2.47 bits per heavy atom. The van der Waals surface area contributed by atoms with E-state index in [-0.39, 0.29) is 12.3 Å². The highest BCUT2D eigenvalue weighted by molar-refractivity contribution is 7.88. The van der Waals surface area contributed by atoms with Crippen molar-refractivity contribution in [3.63, 3.8) is 0 Å². The molecule has 0 fully saturated rings. The normalized spacial score (nSPS) is 11.6. The minimum Gasteiger partial charge on any atom is -0.326 e. The van der Waals surface area contributed by atoms with Gasteiger partial charge in [0.25, 0.3) is 0 Å². The molecule has 0 spiro atoms. The number of H-pyrrole nitrogens is 1. The van der Waals surface area contributed by atoms with E-state index in [1.54, 1.807) is 12.1 Å². The van der Waals surface area contributed by atoms with Crippen molar-refractivity contribution < 1.29 is 8.42 Å². The summed E-state index contributed by atoms with van der Waals surface area (Å²) in [5.41, 5.74) is 7.13. The van der Waals surface area contributed by atoms with Gasteiger partial charge < -0.3 is 5.73 Å². The van der Waals surface area contributed by atoms with Gasteiger partial charge in [-0.2, -0.15) is 5.21 Å². The highest BCUT2D eigenvalue weighted by atomic mass is 32.2. The first-order valence-electron chi connectivity index (χ1n) is 5.56. The standard InChI is InChI=1S/C10H14N6O2S/c11-5-8-1-3-9(4-2-8)7-19(17,18)12-6-10-13-15-16-14-10/h1-4,12H,5-7,11H2,(H,13,14,15,16). The molecule has 2 rings (SSSR count). The summed E-state index contributed by atoms with van der Waals surface area (Å²) in [7, 11) is -3.43. The van der Waals surface area contributed by atoms with E-state index in [9.17, 15) is 8.42 Å². The average molecular weight is 282 g/mol. The number of aromatic nitrogens is 4. The van der Waals surface area contributed by atoms with Crippen LogP contribution in [0.4, 0.5) is 0 Å². The minimum atomic E-state index is -3.43. The Kier molecular flexibility index (Phi) is 4.20. The molecule has 1 aromatic carbocycles. The van der Waals surface area contributed by atoms with Crippen LogP contribution in [0.25, 0.3) is 0 Å². The summed E-state index contributed by atoms with van der Waals surface area (Å²) in [5, 5.41) is 12.9. The number of hydrogen-bond donors (Lipinski definition) is 3. The fourth-order valence-electron chi connectivity index (χ4n) is 1.47. The monoisotopic (exact) mass is 282 g/mol. The second-order valence-electron chi connectivity index (χ2n) is 3.93. The van der Waals surface area contributed by atoms with Crippen molar-refractivity contribution in [2.24, 2.45) is 5.73 Å². The molecule has 0 saturated carbocycles. The molecule has 1 heterocycles. The van der Waals surface area contributed by atoms with Gasteiger partial charge in [0, 0.05) is 6.54 Å². The molecule has 2 aromatic rings. The van der Waals surface area contributed by atoms with Crippen LogP contribution in [-0.4, -0.2) is 29.0 Å². The van der Waals surface area contributed by atoms with Gasteiger partial charge in [-0.25, -0.2) is 13.1 Å². The van der Waals surface area contributed by atoms with Crippen LogP contribution < -0.4 is 10.5 Å². The number of tetrazole rings is 1. The molecule has 0 radical (unpaired) electrons. The smallest absolute Gasteiger partial charge is 0.216 e.